The number of ether oxygens (including phenoxy) is 4. The molecule has 1 N–H and O–H groups in total. The van der Waals surface area contributed by atoms with Crippen LogP contribution in [0, 0.1) is 0 Å². The topological polar surface area (TPSA) is 103 Å². The molecule has 1 aliphatic heterocycles. The lowest BCUT2D eigenvalue weighted by Gasteiger charge is -2.16. The number of hydrazine groups is 1. The molecule has 1 saturated heterocycles. The second-order valence-corrected chi connectivity index (χ2v) is 9.34. The van der Waals surface area contributed by atoms with Crippen molar-refractivity contribution >= 4 is 68.1 Å². The maximum Gasteiger partial charge on any atom is 0.343 e. The molecule has 0 spiro atoms. The molecule has 0 radical (unpaired) electrons. The Balaban J connectivity index is 1.80. The highest BCUT2D eigenvalue weighted by molar-refractivity contribution is 9.10. The monoisotopic (exact) mass is 580 g/mol. The van der Waals surface area contributed by atoms with E-state index in [1.54, 1.807) is 49.4 Å². The summed E-state index contributed by atoms with van der Waals surface area (Å²) in [6, 6.07) is 9.83. The van der Waals surface area contributed by atoms with Crippen LogP contribution in [0.3, 0.4) is 0 Å². The molecule has 2 aromatic rings. The second kappa shape index (κ2) is 12.0. The lowest BCUT2D eigenvalue weighted by molar-refractivity contribution is -0.143. The van der Waals surface area contributed by atoms with E-state index < -0.39 is 17.8 Å². The lowest BCUT2D eigenvalue weighted by atomic mass is 10.2. The van der Waals surface area contributed by atoms with Crippen LogP contribution in [0.15, 0.2) is 45.8 Å². The zero-order valence-corrected chi connectivity index (χ0v) is 22.2. The zero-order chi connectivity index (χ0) is 25.5. The van der Waals surface area contributed by atoms with Crippen molar-refractivity contribution in [1.29, 1.82) is 0 Å². The Kier molecular flexibility index (Phi) is 9.13. The number of thioether (sulfide) groups is 1. The number of benzene rings is 2. The Hall–Kier alpha value is -3.09. The minimum atomic E-state index is -0.538. The van der Waals surface area contributed by atoms with E-state index in [2.05, 4.69) is 26.1 Å². The molecule has 3 rings (SSSR count). The lowest BCUT2D eigenvalue weighted by Crippen LogP contribution is -2.44. The number of hydrogen-bond donors (Lipinski definition) is 1. The number of amides is 2. The van der Waals surface area contributed by atoms with Crippen LogP contribution in [0.5, 0.6) is 17.2 Å². The third-order valence-electron chi connectivity index (χ3n) is 4.55. The van der Waals surface area contributed by atoms with Crippen molar-refractivity contribution in [2.24, 2.45) is 0 Å². The van der Waals surface area contributed by atoms with Gasteiger partial charge in [0.2, 0.25) is 0 Å². The minimum Gasteiger partial charge on any atom is -0.497 e. The number of methoxy groups -OCH3 is 2. The summed E-state index contributed by atoms with van der Waals surface area (Å²) in [5.41, 5.74) is 3.50. The molecule has 9 nitrogen and oxygen atoms in total. The number of carbonyl (C=O) groups excluding carboxylic acids is 3. The van der Waals surface area contributed by atoms with Crippen LogP contribution in [0.25, 0.3) is 6.08 Å². The van der Waals surface area contributed by atoms with Crippen molar-refractivity contribution in [2.75, 3.05) is 27.4 Å². The van der Waals surface area contributed by atoms with Crippen molar-refractivity contribution in [1.82, 2.24) is 10.4 Å². The molecule has 2 aromatic carbocycles. The van der Waals surface area contributed by atoms with Crippen molar-refractivity contribution in [3.05, 3.63) is 56.9 Å². The first-order valence-corrected chi connectivity index (χ1v) is 12.2. The van der Waals surface area contributed by atoms with Gasteiger partial charge in [-0.3, -0.25) is 15.0 Å². The first-order chi connectivity index (χ1) is 16.8. The molecule has 0 atom stereocenters. The van der Waals surface area contributed by atoms with Gasteiger partial charge in [-0.1, -0.05) is 11.8 Å². The molecule has 1 aliphatic rings. The molecule has 0 saturated carbocycles. The Morgan fingerprint density at radius 2 is 1.89 bits per heavy atom. The molecule has 2 amide bonds. The van der Waals surface area contributed by atoms with Gasteiger partial charge >= 0.3 is 5.97 Å². The third kappa shape index (κ3) is 6.53. The van der Waals surface area contributed by atoms with Gasteiger partial charge in [0.05, 0.1) is 30.2 Å². The first-order valence-electron chi connectivity index (χ1n) is 10.2. The van der Waals surface area contributed by atoms with Crippen LogP contribution in [-0.4, -0.2) is 54.5 Å². The van der Waals surface area contributed by atoms with Crippen molar-refractivity contribution < 1.29 is 33.3 Å². The molecule has 1 heterocycles. The number of nitrogens with one attached hydrogen (secondary N) is 1. The first kappa shape index (κ1) is 26.5. The molecule has 0 unspecified atom stereocenters. The largest absolute Gasteiger partial charge is 0.497 e. The maximum atomic E-state index is 13.0. The number of hydrogen-bond acceptors (Lipinski definition) is 9. The molecule has 0 bridgehead atoms. The van der Waals surface area contributed by atoms with Gasteiger partial charge in [-0.25, -0.2) is 4.79 Å². The van der Waals surface area contributed by atoms with Gasteiger partial charge < -0.3 is 18.9 Å². The van der Waals surface area contributed by atoms with Gasteiger partial charge in [0.25, 0.3) is 11.8 Å². The summed E-state index contributed by atoms with van der Waals surface area (Å²) in [7, 11) is 2.79. The van der Waals surface area contributed by atoms with Gasteiger partial charge in [-0.15, -0.1) is 0 Å². The van der Waals surface area contributed by atoms with E-state index in [1.165, 1.54) is 14.2 Å². The Morgan fingerprint density at radius 3 is 2.51 bits per heavy atom. The smallest absolute Gasteiger partial charge is 0.343 e. The van der Waals surface area contributed by atoms with Crippen LogP contribution in [0.4, 0.5) is 0 Å². The van der Waals surface area contributed by atoms with Crippen LogP contribution in [-0.2, 0) is 14.3 Å². The predicted molar refractivity (Wildman–Crippen MR) is 138 cm³/mol. The Morgan fingerprint density at radius 1 is 1.17 bits per heavy atom. The molecule has 184 valence electrons. The third-order valence-corrected chi connectivity index (χ3v) is 6.44. The normalized spacial score (nSPS) is 14.2. The van der Waals surface area contributed by atoms with E-state index in [1.807, 2.05) is 0 Å². The van der Waals surface area contributed by atoms with Gasteiger partial charge in [-0.05, 0) is 83.1 Å². The van der Waals surface area contributed by atoms with E-state index >= 15 is 0 Å². The fourth-order valence-corrected chi connectivity index (χ4v) is 4.64. The Labute approximate surface area is 219 Å². The zero-order valence-electron chi connectivity index (χ0n) is 19.0. The second-order valence-electron chi connectivity index (χ2n) is 6.81. The number of nitrogens with zero attached hydrogens (tertiary/aromatic N) is 1. The fourth-order valence-electron chi connectivity index (χ4n) is 2.89. The van der Waals surface area contributed by atoms with Crippen molar-refractivity contribution in [3.63, 3.8) is 0 Å². The summed E-state index contributed by atoms with van der Waals surface area (Å²) < 4.78 is 21.6. The quantitative estimate of drug-likeness (QED) is 0.268. The van der Waals surface area contributed by atoms with Gasteiger partial charge in [0, 0.05) is 5.56 Å². The van der Waals surface area contributed by atoms with Gasteiger partial charge in [0.15, 0.2) is 22.4 Å². The number of thiocarbonyl (C=S) groups is 1. The summed E-state index contributed by atoms with van der Waals surface area (Å²) in [6.07, 6.45) is 1.62. The van der Waals surface area contributed by atoms with Crippen LogP contribution in [0.2, 0.25) is 0 Å². The van der Waals surface area contributed by atoms with Crippen LogP contribution < -0.4 is 19.6 Å². The SMILES string of the molecule is CCOc1cc(/C=C2\SC(=S)N(NC(=O)c3ccc(OC)cc3)C2=O)cc(Br)c1OCC(=O)OC. The standard InChI is InChI=1S/C23H21BrN2O7S2/c1-4-32-17-10-13(9-16(24)20(17)33-12-19(27)31-3)11-18-22(29)26(23(34)35-18)25-21(28)14-5-7-15(30-2)8-6-14/h5-11H,4,12H2,1-3H3,(H,25,28)/b18-11-. The summed E-state index contributed by atoms with van der Waals surface area (Å²) >= 11 is 9.77. The number of halogens is 1. The van der Waals surface area contributed by atoms with E-state index in [0.717, 1.165) is 16.8 Å². The van der Waals surface area contributed by atoms with E-state index in [0.29, 0.717) is 44.4 Å². The average molecular weight is 581 g/mol. The van der Waals surface area contributed by atoms with E-state index in [4.69, 9.17) is 26.4 Å². The minimum absolute atomic E-state index is 0.185. The summed E-state index contributed by atoms with van der Waals surface area (Å²) in [5, 5.41) is 1.03. The van der Waals surface area contributed by atoms with Gasteiger partial charge in [0.1, 0.15) is 5.75 Å². The summed E-state index contributed by atoms with van der Waals surface area (Å²) in [6.45, 7) is 1.87. The molecule has 1 fully saturated rings. The predicted octanol–water partition coefficient (Wildman–Crippen LogP) is 3.95. The molecular weight excluding hydrogens is 560 g/mol. The summed E-state index contributed by atoms with van der Waals surface area (Å²) in [4.78, 5) is 37.3. The van der Waals surface area contributed by atoms with Crippen molar-refractivity contribution in [2.45, 2.75) is 6.92 Å². The van der Waals surface area contributed by atoms with Gasteiger partial charge in [-0.2, -0.15) is 5.01 Å². The molecular formula is C23H21BrN2O7S2. The molecule has 12 heteroatoms. The van der Waals surface area contributed by atoms with Crippen molar-refractivity contribution in [3.8, 4) is 17.2 Å². The highest BCUT2D eigenvalue weighted by Gasteiger charge is 2.34. The number of esters is 1. The van der Waals surface area contributed by atoms with E-state index in [9.17, 15) is 14.4 Å². The number of rotatable bonds is 9. The average Bonchev–Trinajstić information content (AvgIpc) is 3.10. The molecule has 0 aromatic heterocycles. The highest BCUT2D eigenvalue weighted by atomic mass is 79.9. The number of carbonyl (C=O) groups is 3. The molecule has 0 aliphatic carbocycles. The fraction of sp³-hybridized carbons (Fsp3) is 0.217. The highest BCUT2D eigenvalue weighted by Crippen LogP contribution is 2.39. The van der Waals surface area contributed by atoms with E-state index in [-0.39, 0.29) is 10.9 Å². The van der Waals surface area contributed by atoms with Crippen LogP contribution >= 0.6 is 39.9 Å². The Bertz CT molecular complexity index is 1190. The summed E-state index contributed by atoms with van der Waals surface area (Å²) in [5.74, 6) is -0.187. The molecule has 35 heavy (non-hydrogen) atoms. The maximum absolute atomic E-state index is 13.0. The van der Waals surface area contributed by atoms with Crippen LogP contribution in [0.1, 0.15) is 22.8 Å².